The van der Waals surface area contributed by atoms with E-state index in [2.05, 4.69) is 19.9 Å². The van der Waals surface area contributed by atoms with Crippen LogP contribution in [0.1, 0.15) is 0 Å². The van der Waals surface area contributed by atoms with Crippen LogP contribution in [0.2, 0.25) is 0 Å². The quantitative estimate of drug-likeness (QED) is 0.564. The Hall–Kier alpha value is -3.94. The number of pyridine rings is 2. The molecule has 4 rings (SSSR count). The number of hydrogen-bond donors (Lipinski definition) is 1. The number of benzene rings is 1. The topological polar surface area (TPSA) is 93.5 Å². The summed E-state index contributed by atoms with van der Waals surface area (Å²) in [5, 5.41) is 10.6. The minimum Gasteiger partial charge on any atom is -0.493 e. The van der Waals surface area contributed by atoms with Crippen molar-refractivity contribution in [2.24, 2.45) is 0 Å². The number of nitrogens with zero attached hydrogens (tertiary/aromatic N) is 5. The van der Waals surface area contributed by atoms with Crippen molar-refractivity contribution in [3.63, 3.8) is 0 Å². The van der Waals surface area contributed by atoms with Crippen LogP contribution in [0.3, 0.4) is 0 Å². The number of fused-ring (bicyclic) bond motifs is 1. The van der Waals surface area contributed by atoms with Gasteiger partial charge in [0.1, 0.15) is 5.75 Å². The average molecular weight is 375 g/mol. The molecule has 1 N–H and O–H groups in total. The molecule has 0 radical (unpaired) electrons. The van der Waals surface area contributed by atoms with Crippen LogP contribution >= 0.6 is 0 Å². The molecule has 4 aromatic rings. The zero-order valence-corrected chi connectivity index (χ0v) is 15.3. The second kappa shape index (κ2) is 7.36. The molecule has 0 aliphatic carbocycles. The van der Waals surface area contributed by atoms with Gasteiger partial charge in [-0.2, -0.15) is 9.97 Å². The van der Waals surface area contributed by atoms with Gasteiger partial charge in [-0.1, -0.05) is 0 Å². The molecule has 0 atom stereocenters. The molecule has 3 heterocycles. The molecular weight excluding hydrogens is 358 g/mol. The zero-order valence-electron chi connectivity index (χ0n) is 15.3. The van der Waals surface area contributed by atoms with Gasteiger partial charge < -0.3 is 19.5 Å². The van der Waals surface area contributed by atoms with Crippen LogP contribution in [0, 0.1) is 0 Å². The van der Waals surface area contributed by atoms with Gasteiger partial charge in [-0.05, 0) is 36.4 Å². The lowest BCUT2D eigenvalue weighted by atomic mass is 10.2. The van der Waals surface area contributed by atoms with Crippen molar-refractivity contribution < 1.29 is 14.6 Å². The second-order valence-corrected chi connectivity index (χ2v) is 5.93. The van der Waals surface area contributed by atoms with Crippen LogP contribution in [0.15, 0.2) is 61.1 Å². The van der Waals surface area contributed by atoms with Crippen molar-refractivity contribution in [2.75, 3.05) is 19.1 Å². The van der Waals surface area contributed by atoms with Crippen molar-refractivity contribution in [3.8, 4) is 23.5 Å². The molecule has 0 spiro atoms. The second-order valence-electron chi connectivity index (χ2n) is 5.93. The van der Waals surface area contributed by atoms with Crippen molar-refractivity contribution in [1.29, 1.82) is 0 Å². The highest BCUT2D eigenvalue weighted by molar-refractivity contribution is 5.82. The minimum atomic E-state index is -0.148. The summed E-state index contributed by atoms with van der Waals surface area (Å²) in [6, 6.07) is 12.9. The van der Waals surface area contributed by atoms with Crippen LogP contribution in [0.4, 0.5) is 11.4 Å². The molecule has 0 aliphatic heterocycles. The molecule has 0 unspecified atom stereocenters. The Labute approximate surface area is 161 Å². The lowest BCUT2D eigenvalue weighted by Crippen LogP contribution is -2.09. The summed E-state index contributed by atoms with van der Waals surface area (Å²) in [6.45, 7) is 0. The van der Waals surface area contributed by atoms with Crippen molar-refractivity contribution >= 4 is 22.3 Å². The van der Waals surface area contributed by atoms with E-state index in [0.717, 1.165) is 11.4 Å². The van der Waals surface area contributed by atoms with Crippen LogP contribution < -0.4 is 14.4 Å². The first-order valence-corrected chi connectivity index (χ1v) is 8.46. The highest BCUT2D eigenvalue weighted by atomic mass is 16.5. The van der Waals surface area contributed by atoms with E-state index in [-0.39, 0.29) is 11.9 Å². The lowest BCUT2D eigenvalue weighted by molar-refractivity contribution is 0.398. The van der Waals surface area contributed by atoms with Crippen LogP contribution in [0.25, 0.3) is 10.9 Å². The van der Waals surface area contributed by atoms with Gasteiger partial charge in [-0.25, -0.2) is 4.98 Å². The van der Waals surface area contributed by atoms with E-state index in [1.807, 2.05) is 36.2 Å². The van der Waals surface area contributed by atoms with E-state index in [0.29, 0.717) is 22.5 Å². The van der Waals surface area contributed by atoms with Gasteiger partial charge >= 0.3 is 6.01 Å². The van der Waals surface area contributed by atoms with E-state index in [1.165, 1.54) is 0 Å². The van der Waals surface area contributed by atoms with Gasteiger partial charge in [-0.3, -0.25) is 4.98 Å². The summed E-state index contributed by atoms with van der Waals surface area (Å²) in [4.78, 5) is 18.4. The maximum Gasteiger partial charge on any atom is 0.325 e. The van der Waals surface area contributed by atoms with Crippen LogP contribution in [0.5, 0.6) is 23.5 Å². The van der Waals surface area contributed by atoms with Gasteiger partial charge in [0.2, 0.25) is 11.8 Å². The Morgan fingerprint density at radius 3 is 2.57 bits per heavy atom. The molecule has 1 aromatic carbocycles. The summed E-state index contributed by atoms with van der Waals surface area (Å²) in [5.74, 6) is 0.949. The summed E-state index contributed by atoms with van der Waals surface area (Å²) in [6.07, 6.45) is 4.81. The predicted molar refractivity (Wildman–Crippen MR) is 104 cm³/mol. The fourth-order valence-corrected chi connectivity index (χ4v) is 2.70. The molecule has 0 aliphatic rings. The normalized spacial score (nSPS) is 10.6. The summed E-state index contributed by atoms with van der Waals surface area (Å²) in [7, 11) is 3.53. The molecule has 0 saturated heterocycles. The Kier molecular flexibility index (Phi) is 4.59. The maximum atomic E-state index is 10.0. The fraction of sp³-hybridized carbons (Fsp3) is 0.100. The Balaban J connectivity index is 1.55. The smallest absolute Gasteiger partial charge is 0.325 e. The number of aromatic nitrogens is 4. The molecule has 140 valence electrons. The first kappa shape index (κ1) is 17.5. The molecule has 0 saturated carbocycles. The molecule has 0 bridgehead atoms. The molecule has 3 aromatic heterocycles. The highest BCUT2D eigenvalue weighted by Gasteiger charge is 2.10. The molecular formula is C20H17N5O3. The molecule has 0 fully saturated rings. The first-order chi connectivity index (χ1) is 13.6. The minimum absolute atomic E-state index is 0.0537. The van der Waals surface area contributed by atoms with Crippen LogP contribution in [-0.2, 0) is 0 Å². The van der Waals surface area contributed by atoms with E-state index >= 15 is 0 Å². The number of aromatic hydroxyl groups is 1. The third-order valence-electron chi connectivity index (χ3n) is 4.21. The largest absolute Gasteiger partial charge is 0.493 e. The van der Waals surface area contributed by atoms with Gasteiger partial charge in [0, 0.05) is 36.9 Å². The molecule has 0 amide bonds. The van der Waals surface area contributed by atoms with Crippen molar-refractivity contribution in [1.82, 2.24) is 19.9 Å². The highest BCUT2D eigenvalue weighted by Crippen LogP contribution is 2.29. The van der Waals surface area contributed by atoms with Gasteiger partial charge in [0.25, 0.3) is 0 Å². The van der Waals surface area contributed by atoms with E-state index in [1.54, 1.807) is 43.9 Å². The van der Waals surface area contributed by atoms with Crippen molar-refractivity contribution in [2.45, 2.75) is 0 Å². The fourth-order valence-electron chi connectivity index (χ4n) is 2.70. The van der Waals surface area contributed by atoms with E-state index in [9.17, 15) is 5.11 Å². The van der Waals surface area contributed by atoms with Crippen LogP contribution in [-0.4, -0.2) is 39.2 Å². The number of hydrogen-bond acceptors (Lipinski definition) is 8. The standard InChI is InChI=1S/C20H17N5O3/c1-25(14-7-10-22-18(11-14)27-2)13-3-5-15(6-4-13)28-20-23-17-12-21-9-8-16(17)19(26)24-20/h3-12H,1-2H3,(H,23,24,26). The van der Waals surface area contributed by atoms with Gasteiger partial charge in [0.05, 0.1) is 24.2 Å². The third-order valence-corrected chi connectivity index (χ3v) is 4.21. The summed E-state index contributed by atoms with van der Waals surface area (Å²) in [5.41, 5.74) is 2.40. The predicted octanol–water partition coefficient (Wildman–Crippen LogP) is 3.69. The summed E-state index contributed by atoms with van der Waals surface area (Å²) < 4.78 is 10.9. The van der Waals surface area contributed by atoms with E-state index < -0.39 is 0 Å². The monoisotopic (exact) mass is 375 g/mol. The maximum absolute atomic E-state index is 10.0. The Morgan fingerprint density at radius 2 is 1.79 bits per heavy atom. The number of ether oxygens (including phenoxy) is 2. The third kappa shape index (κ3) is 3.48. The number of methoxy groups -OCH3 is 1. The average Bonchev–Trinajstić information content (AvgIpc) is 2.74. The van der Waals surface area contributed by atoms with Gasteiger partial charge in [0.15, 0.2) is 0 Å². The number of rotatable bonds is 5. The number of anilines is 2. The molecule has 8 nitrogen and oxygen atoms in total. The molecule has 8 heteroatoms. The van der Waals surface area contributed by atoms with Crippen molar-refractivity contribution in [3.05, 3.63) is 61.1 Å². The SMILES string of the molecule is COc1cc(N(C)c2ccc(Oc3nc(O)c4ccncc4n3)cc2)ccn1. The summed E-state index contributed by atoms with van der Waals surface area (Å²) >= 11 is 0. The molecule has 28 heavy (non-hydrogen) atoms. The Bertz CT molecular complexity index is 1120. The lowest BCUT2D eigenvalue weighted by Gasteiger charge is -2.20. The Morgan fingerprint density at radius 1 is 0.964 bits per heavy atom. The van der Waals surface area contributed by atoms with E-state index in [4.69, 9.17) is 9.47 Å². The van der Waals surface area contributed by atoms with Gasteiger partial charge in [-0.15, -0.1) is 0 Å². The first-order valence-electron chi connectivity index (χ1n) is 8.46. The zero-order chi connectivity index (χ0) is 19.5.